The van der Waals surface area contributed by atoms with Crippen molar-refractivity contribution in [1.29, 1.82) is 0 Å². The van der Waals surface area contributed by atoms with Crippen LogP contribution in [-0.4, -0.2) is 67.0 Å². The fraction of sp³-hybridized carbons (Fsp3) is 1.00. The second-order valence-electron chi connectivity index (χ2n) is 7.65. The molecule has 0 aromatic carbocycles. The lowest BCUT2D eigenvalue weighted by atomic mass is 10.5. The zero-order valence-corrected chi connectivity index (χ0v) is 22.2. The summed E-state index contributed by atoms with van der Waals surface area (Å²) in [6.45, 7) is 6.92. The maximum atomic E-state index is 12.9. The number of rotatable bonds is 14. The summed E-state index contributed by atoms with van der Waals surface area (Å²) >= 11 is 0. The molecule has 0 N–H and O–H groups in total. The van der Waals surface area contributed by atoms with Gasteiger partial charge < -0.3 is 25.9 Å². The van der Waals surface area contributed by atoms with E-state index >= 15 is 0 Å². The molecule has 0 rings (SSSR count). The second-order valence-corrected chi connectivity index (χ2v) is 18.4. The van der Waals surface area contributed by atoms with E-state index < -0.39 is 74.5 Å². The quantitative estimate of drug-likeness (QED) is 0.218. The maximum absolute atomic E-state index is 12.9. The van der Waals surface area contributed by atoms with Crippen LogP contribution in [0.3, 0.4) is 0 Å². The topological polar surface area (TPSA) is 55.4 Å². The van der Waals surface area contributed by atoms with E-state index in [-0.39, 0.29) is 0 Å². The Morgan fingerprint density at radius 1 is 0.581 bits per heavy atom. The van der Waals surface area contributed by atoms with Gasteiger partial charge in [0.05, 0.1) is 0 Å². The Labute approximate surface area is 183 Å². The summed E-state index contributed by atoms with van der Waals surface area (Å²) in [5.74, 6) is 0. The van der Waals surface area contributed by atoms with E-state index in [4.69, 9.17) is 25.9 Å². The van der Waals surface area contributed by atoms with Crippen LogP contribution < -0.4 is 0 Å². The molecule has 0 spiro atoms. The van der Waals surface area contributed by atoms with E-state index in [1.165, 1.54) is 28.4 Å². The van der Waals surface area contributed by atoms with Gasteiger partial charge in [0.25, 0.3) is 0 Å². The molecule has 0 aliphatic heterocycles. The summed E-state index contributed by atoms with van der Waals surface area (Å²) in [5.41, 5.74) is -0.780. The minimum Gasteiger partial charge on any atom is -0.393 e. The molecule has 31 heavy (non-hydrogen) atoms. The molecule has 0 aliphatic rings. The van der Waals surface area contributed by atoms with Crippen molar-refractivity contribution in [1.82, 2.24) is 0 Å². The molecule has 6 nitrogen and oxygen atoms in total. The molecule has 15 heteroatoms. The van der Waals surface area contributed by atoms with E-state index in [9.17, 15) is 26.3 Å². The van der Waals surface area contributed by atoms with Crippen LogP contribution in [-0.2, 0) is 25.9 Å². The van der Waals surface area contributed by atoms with Crippen LogP contribution in [0.1, 0.15) is 40.5 Å². The van der Waals surface area contributed by atoms with Gasteiger partial charge in [-0.3, -0.25) is 0 Å². The van der Waals surface area contributed by atoms with Gasteiger partial charge >= 0.3 is 38.5 Å². The van der Waals surface area contributed by atoms with Crippen molar-refractivity contribution >= 4 is 26.2 Å². The largest absolute Gasteiger partial charge is 0.491 e. The van der Waals surface area contributed by atoms with E-state index in [0.29, 0.717) is 0 Å². The predicted molar refractivity (Wildman–Crippen MR) is 109 cm³/mol. The summed E-state index contributed by atoms with van der Waals surface area (Å²) < 4.78 is 111. The fourth-order valence-corrected chi connectivity index (χ4v) is 17.1. The minimum absolute atomic E-state index is 0.390. The van der Waals surface area contributed by atoms with Crippen molar-refractivity contribution < 1.29 is 52.3 Å². The smallest absolute Gasteiger partial charge is 0.393 e. The van der Waals surface area contributed by atoms with E-state index in [0.717, 1.165) is 0 Å². The highest BCUT2D eigenvalue weighted by Gasteiger charge is 2.60. The van der Waals surface area contributed by atoms with Gasteiger partial charge in [-0.1, -0.05) is 27.7 Å². The first-order chi connectivity index (χ1) is 14.0. The summed E-state index contributed by atoms with van der Waals surface area (Å²) in [6.07, 6.45) is -11.3. The second kappa shape index (κ2) is 11.9. The first-order valence-electron chi connectivity index (χ1n) is 9.70. The van der Waals surface area contributed by atoms with Gasteiger partial charge in [-0.15, -0.1) is 0 Å². The summed E-state index contributed by atoms with van der Waals surface area (Å²) in [4.78, 5) is 0. The number of alkyl halides is 6. The maximum Gasteiger partial charge on any atom is 0.491 e. The average molecular weight is 521 g/mol. The van der Waals surface area contributed by atoms with Crippen molar-refractivity contribution in [3.05, 3.63) is 0 Å². The Morgan fingerprint density at radius 2 is 0.839 bits per heavy atom. The lowest BCUT2D eigenvalue weighted by Gasteiger charge is -2.46. The Hall–Kier alpha value is -0.00935. The van der Waals surface area contributed by atoms with Crippen LogP contribution in [0.5, 0.6) is 0 Å². The third-order valence-electron chi connectivity index (χ3n) is 4.91. The average Bonchev–Trinajstić information content (AvgIpc) is 2.66. The minimum atomic E-state index is -4.47. The number of hydrogen-bond donors (Lipinski definition) is 0. The SMILES string of the molecule is CO[Si](CCC(F)(F)F)(OC)O[Si](O[Si](CCC(F)(F)F)(OC)OC)(C(C)C)C(C)C. The Morgan fingerprint density at radius 3 is 1.00 bits per heavy atom. The molecular weight excluding hydrogens is 486 g/mol. The van der Waals surface area contributed by atoms with Gasteiger partial charge in [0.15, 0.2) is 0 Å². The molecule has 0 amide bonds. The summed E-state index contributed by atoms with van der Waals surface area (Å²) in [5, 5.41) is 0. The zero-order valence-electron chi connectivity index (χ0n) is 19.2. The Balaban J connectivity index is 6.22. The van der Waals surface area contributed by atoms with Crippen molar-refractivity contribution in [3.8, 4) is 0 Å². The molecule has 0 aromatic rings. The van der Waals surface area contributed by atoms with Gasteiger partial charge in [-0.2, -0.15) is 26.3 Å². The Kier molecular flexibility index (Phi) is 11.9. The zero-order chi connectivity index (χ0) is 24.7. The molecule has 0 saturated carbocycles. The lowest BCUT2D eigenvalue weighted by Crippen LogP contribution is -2.65. The molecule has 0 aromatic heterocycles. The lowest BCUT2D eigenvalue weighted by molar-refractivity contribution is -0.133. The van der Waals surface area contributed by atoms with Gasteiger partial charge in [-0.05, 0) is 11.1 Å². The van der Waals surface area contributed by atoms with E-state index in [1.807, 2.05) is 0 Å². The van der Waals surface area contributed by atoms with Crippen LogP contribution in [0.4, 0.5) is 26.3 Å². The van der Waals surface area contributed by atoms with Crippen molar-refractivity contribution in [2.45, 2.75) is 76.1 Å². The van der Waals surface area contributed by atoms with Crippen LogP contribution >= 0.6 is 0 Å². The molecule has 0 heterocycles. The molecule has 0 unspecified atom stereocenters. The van der Waals surface area contributed by atoms with Crippen molar-refractivity contribution in [2.24, 2.45) is 0 Å². The van der Waals surface area contributed by atoms with Crippen molar-refractivity contribution in [3.63, 3.8) is 0 Å². The normalized spacial score (nSPS) is 14.7. The van der Waals surface area contributed by atoms with Gasteiger partial charge in [0.1, 0.15) is 0 Å². The van der Waals surface area contributed by atoms with Crippen molar-refractivity contribution in [2.75, 3.05) is 28.4 Å². The predicted octanol–water partition coefficient (Wildman–Crippen LogP) is 5.65. The summed E-state index contributed by atoms with van der Waals surface area (Å²) in [7, 11) is -6.65. The van der Waals surface area contributed by atoms with Crippen LogP contribution in [0.25, 0.3) is 0 Å². The molecule has 188 valence electrons. The van der Waals surface area contributed by atoms with Gasteiger partial charge in [0.2, 0.25) is 0 Å². The first-order valence-corrected chi connectivity index (χ1v) is 15.5. The molecule has 0 saturated heterocycles. The van der Waals surface area contributed by atoms with Crippen LogP contribution in [0, 0.1) is 0 Å². The molecule has 0 bridgehead atoms. The monoisotopic (exact) mass is 520 g/mol. The highest BCUT2D eigenvalue weighted by molar-refractivity contribution is 6.85. The third kappa shape index (κ3) is 9.40. The van der Waals surface area contributed by atoms with Crippen LogP contribution in [0.15, 0.2) is 0 Å². The van der Waals surface area contributed by atoms with Crippen LogP contribution in [0.2, 0.25) is 23.2 Å². The molecular formula is C16H34F6O6Si3. The van der Waals surface area contributed by atoms with Gasteiger partial charge in [0, 0.05) is 53.4 Å². The van der Waals surface area contributed by atoms with E-state index in [1.54, 1.807) is 27.7 Å². The third-order valence-corrected chi connectivity index (χ3v) is 17.4. The Bertz CT molecular complexity index is 479. The molecule has 0 aliphatic carbocycles. The fourth-order valence-electron chi connectivity index (χ4n) is 3.08. The summed E-state index contributed by atoms with van der Waals surface area (Å²) in [6, 6.07) is -1.11. The molecule has 0 fully saturated rings. The molecule has 0 radical (unpaired) electrons. The standard InChI is InChI=1S/C16H34F6O6Si3/c1-13(2)31(14(3)4,27-29(23-5,24-6)11-9-15(17,18)19)28-30(25-7,26-8)12-10-16(20,21)22/h13-14H,9-12H2,1-8H3. The van der Waals surface area contributed by atoms with Gasteiger partial charge in [-0.25, -0.2) is 0 Å². The highest BCUT2D eigenvalue weighted by atomic mass is 28.5. The molecule has 0 atom stereocenters. The van der Waals surface area contributed by atoms with E-state index in [2.05, 4.69) is 0 Å². The number of hydrogen-bond acceptors (Lipinski definition) is 6. The number of halogens is 6. The first kappa shape index (κ1) is 31.0. The highest BCUT2D eigenvalue weighted by Crippen LogP contribution is 2.42.